The Hall–Kier alpha value is -3.16. The van der Waals surface area contributed by atoms with Crippen molar-refractivity contribution in [1.82, 2.24) is 5.32 Å². The molecule has 2 atom stereocenters. The number of hydrogen-bond acceptors (Lipinski definition) is 6. The SMILES string of the molecule is COC(=O)C(NCCc1ccc2c(c1)COC2=C1C(=O)Nc2ccccc21)C(C)O. The quantitative estimate of drug-likeness (QED) is 0.500. The molecule has 3 N–H and O–H groups in total. The lowest BCUT2D eigenvalue weighted by atomic mass is 9.98. The smallest absolute Gasteiger partial charge is 0.325 e. The van der Waals surface area contributed by atoms with Crippen LogP contribution in [0.5, 0.6) is 0 Å². The van der Waals surface area contributed by atoms with E-state index in [2.05, 4.69) is 16.7 Å². The monoisotopic (exact) mass is 408 g/mol. The third-order valence-electron chi connectivity index (χ3n) is 5.40. The number of nitrogens with one attached hydrogen (secondary N) is 2. The first kappa shape index (κ1) is 20.1. The van der Waals surface area contributed by atoms with Crippen LogP contribution < -0.4 is 10.6 Å². The zero-order valence-electron chi connectivity index (χ0n) is 16.9. The Morgan fingerprint density at radius 2 is 2.07 bits per heavy atom. The molecule has 156 valence electrons. The summed E-state index contributed by atoms with van der Waals surface area (Å²) >= 11 is 0. The van der Waals surface area contributed by atoms with Crippen LogP contribution in [-0.4, -0.2) is 42.8 Å². The molecular weight excluding hydrogens is 384 g/mol. The van der Waals surface area contributed by atoms with Gasteiger partial charge in [0, 0.05) is 28.9 Å². The summed E-state index contributed by atoms with van der Waals surface area (Å²) < 4.78 is 10.6. The number of fused-ring (bicyclic) bond motifs is 2. The number of carbonyl (C=O) groups excluding carboxylic acids is 2. The van der Waals surface area contributed by atoms with Crippen LogP contribution in [0.25, 0.3) is 11.3 Å². The van der Waals surface area contributed by atoms with Gasteiger partial charge in [0.25, 0.3) is 5.91 Å². The Labute approximate surface area is 174 Å². The van der Waals surface area contributed by atoms with Gasteiger partial charge in [0.2, 0.25) is 0 Å². The van der Waals surface area contributed by atoms with Gasteiger partial charge in [-0.15, -0.1) is 0 Å². The second kappa shape index (κ2) is 8.30. The van der Waals surface area contributed by atoms with Crippen molar-refractivity contribution >= 4 is 28.9 Å². The van der Waals surface area contributed by atoms with E-state index in [4.69, 9.17) is 9.47 Å². The van der Waals surface area contributed by atoms with Crippen molar-refractivity contribution in [2.75, 3.05) is 19.0 Å². The molecule has 0 aliphatic carbocycles. The highest BCUT2D eigenvalue weighted by Gasteiger charge is 2.32. The molecule has 2 aromatic rings. The average molecular weight is 408 g/mol. The van der Waals surface area contributed by atoms with Gasteiger partial charge in [0.05, 0.1) is 18.8 Å². The lowest BCUT2D eigenvalue weighted by Crippen LogP contribution is -2.46. The molecule has 2 aliphatic heterocycles. The van der Waals surface area contributed by atoms with Crippen molar-refractivity contribution < 1.29 is 24.2 Å². The van der Waals surface area contributed by atoms with E-state index in [0.717, 1.165) is 27.9 Å². The molecule has 7 nitrogen and oxygen atoms in total. The first-order valence-corrected chi connectivity index (χ1v) is 9.89. The summed E-state index contributed by atoms with van der Waals surface area (Å²) in [7, 11) is 1.30. The van der Waals surface area contributed by atoms with E-state index in [9.17, 15) is 14.7 Å². The summed E-state index contributed by atoms with van der Waals surface area (Å²) in [6, 6.07) is 12.8. The van der Waals surface area contributed by atoms with E-state index < -0.39 is 18.1 Å². The van der Waals surface area contributed by atoms with Crippen LogP contribution >= 0.6 is 0 Å². The molecule has 0 aromatic heterocycles. The van der Waals surface area contributed by atoms with Crippen LogP contribution in [0.3, 0.4) is 0 Å². The molecule has 4 rings (SSSR count). The standard InChI is InChI=1S/C23H24N2O5/c1-13(26)20(23(28)29-2)24-10-9-14-7-8-16-15(11-14)12-30-21(16)19-17-5-3-4-6-18(17)25-22(19)27/h3-8,11,13,20,24,26H,9-10,12H2,1-2H3,(H,25,27). The molecule has 30 heavy (non-hydrogen) atoms. The van der Waals surface area contributed by atoms with Gasteiger partial charge in [-0.3, -0.25) is 9.59 Å². The number of aliphatic hydroxyl groups excluding tert-OH is 1. The maximum Gasteiger partial charge on any atom is 0.325 e. The Morgan fingerprint density at radius 1 is 1.27 bits per heavy atom. The van der Waals surface area contributed by atoms with Crippen molar-refractivity contribution in [1.29, 1.82) is 0 Å². The van der Waals surface area contributed by atoms with E-state index >= 15 is 0 Å². The second-order valence-corrected chi connectivity index (χ2v) is 7.43. The number of amides is 1. The number of aliphatic hydroxyl groups is 1. The van der Waals surface area contributed by atoms with Crippen LogP contribution in [0.4, 0.5) is 5.69 Å². The minimum absolute atomic E-state index is 0.153. The molecule has 2 aliphatic rings. The Bertz CT molecular complexity index is 1030. The fourth-order valence-corrected chi connectivity index (χ4v) is 3.87. The van der Waals surface area contributed by atoms with Crippen LogP contribution in [-0.2, 0) is 32.1 Å². The number of carbonyl (C=O) groups is 2. The predicted octanol–water partition coefficient (Wildman–Crippen LogP) is 2.09. The zero-order chi connectivity index (χ0) is 21.3. The Morgan fingerprint density at radius 3 is 2.83 bits per heavy atom. The molecule has 7 heteroatoms. The van der Waals surface area contributed by atoms with Gasteiger partial charge in [0.1, 0.15) is 18.4 Å². The Balaban J connectivity index is 1.51. The molecule has 1 amide bonds. The number of hydrogen-bond donors (Lipinski definition) is 3. The van der Waals surface area contributed by atoms with Crippen LogP contribution in [0, 0.1) is 0 Å². The van der Waals surface area contributed by atoms with Crippen molar-refractivity contribution in [2.24, 2.45) is 0 Å². The van der Waals surface area contributed by atoms with E-state index in [1.54, 1.807) is 6.92 Å². The lowest BCUT2D eigenvalue weighted by Gasteiger charge is -2.19. The zero-order valence-corrected chi connectivity index (χ0v) is 16.9. The maximum absolute atomic E-state index is 12.5. The third-order valence-corrected chi connectivity index (χ3v) is 5.40. The maximum atomic E-state index is 12.5. The topological polar surface area (TPSA) is 96.9 Å². The van der Waals surface area contributed by atoms with Gasteiger partial charge in [-0.25, -0.2) is 0 Å². The number of esters is 1. The molecule has 2 unspecified atom stereocenters. The molecule has 0 saturated carbocycles. The van der Waals surface area contributed by atoms with Crippen LogP contribution in [0.15, 0.2) is 42.5 Å². The van der Waals surface area contributed by atoms with E-state index in [-0.39, 0.29) is 5.91 Å². The van der Waals surface area contributed by atoms with E-state index in [1.807, 2.05) is 36.4 Å². The highest BCUT2D eigenvalue weighted by molar-refractivity contribution is 6.36. The number of methoxy groups -OCH3 is 1. The van der Waals surface area contributed by atoms with Crippen LogP contribution in [0.2, 0.25) is 0 Å². The van der Waals surface area contributed by atoms with Crippen molar-refractivity contribution in [3.63, 3.8) is 0 Å². The first-order valence-electron chi connectivity index (χ1n) is 9.89. The summed E-state index contributed by atoms with van der Waals surface area (Å²) in [5, 5.41) is 15.7. The largest absolute Gasteiger partial charge is 0.487 e. The number of benzene rings is 2. The molecule has 2 aromatic carbocycles. The predicted molar refractivity (Wildman–Crippen MR) is 112 cm³/mol. The first-order chi connectivity index (χ1) is 14.5. The minimum Gasteiger partial charge on any atom is -0.487 e. The van der Waals surface area contributed by atoms with E-state index in [1.165, 1.54) is 7.11 Å². The van der Waals surface area contributed by atoms with Crippen LogP contribution in [0.1, 0.15) is 29.2 Å². The number of anilines is 1. The average Bonchev–Trinajstić information content (AvgIpc) is 3.29. The second-order valence-electron chi connectivity index (χ2n) is 7.43. The van der Waals surface area contributed by atoms with Gasteiger partial charge in [-0.1, -0.05) is 36.4 Å². The summed E-state index contributed by atoms with van der Waals surface area (Å²) in [4.78, 5) is 24.2. The van der Waals surface area contributed by atoms with E-state index in [0.29, 0.717) is 30.9 Å². The summed E-state index contributed by atoms with van der Waals surface area (Å²) in [6.07, 6.45) is -0.177. The van der Waals surface area contributed by atoms with Gasteiger partial charge in [-0.05, 0) is 25.0 Å². The molecular formula is C23H24N2O5. The van der Waals surface area contributed by atoms with Gasteiger partial charge in [-0.2, -0.15) is 0 Å². The summed E-state index contributed by atoms with van der Waals surface area (Å²) in [5.74, 6) is -0.0324. The van der Waals surface area contributed by atoms with Crippen molar-refractivity contribution in [3.8, 4) is 0 Å². The highest BCUT2D eigenvalue weighted by atomic mass is 16.5. The number of ether oxygens (including phenoxy) is 2. The van der Waals surface area contributed by atoms with Gasteiger partial charge >= 0.3 is 5.97 Å². The Kier molecular flexibility index (Phi) is 5.57. The highest BCUT2D eigenvalue weighted by Crippen LogP contribution is 2.41. The summed E-state index contributed by atoms with van der Waals surface area (Å²) in [5.41, 5.74) is 5.23. The molecule has 0 spiro atoms. The minimum atomic E-state index is -0.847. The molecule has 2 heterocycles. The molecule has 0 fully saturated rings. The third kappa shape index (κ3) is 3.69. The van der Waals surface area contributed by atoms with Crippen molar-refractivity contribution in [2.45, 2.75) is 32.1 Å². The number of para-hydroxylation sites is 1. The molecule has 0 bridgehead atoms. The lowest BCUT2D eigenvalue weighted by molar-refractivity contribution is -0.145. The molecule has 0 saturated heterocycles. The summed E-state index contributed by atoms with van der Waals surface area (Å²) in [6.45, 7) is 2.46. The fraction of sp³-hybridized carbons (Fsp3) is 0.304. The van der Waals surface area contributed by atoms with Crippen molar-refractivity contribution in [3.05, 3.63) is 64.7 Å². The van der Waals surface area contributed by atoms with Gasteiger partial charge in [0.15, 0.2) is 0 Å². The molecule has 0 radical (unpaired) electrons. The number of rotatable bonds is 6. The van der Waals surface area contributed by atoms with Gasteiger partial charge < -0.3 is 25.2 Å². The fourth-order valence-electron chi connectivity index (χ4n) is 3.87. The normalized spacial score (nSPS) is 18.8.